The number of aromatic carboxylic acids is 1. The summed E-state index contributed by atoms with van der Waals surface area (Å²) in [6.45, 7) is 1.75. The van der Waals surface area contributed by atoms with Gasteiger partial charge in [-0.15, -0.1) is 11.8 Å². The second-order valence-electron chi connectivity index (χ2n) is 2.78. The van der Waals surface area contributed by atoms with Crippen LogP contribution in [0.25, 0.3) is 0 Å². The van der Waals surface area contributed by atoms with Gasteiger partial charge in [-0.05, 0) is 25.3 Å². The van der Waals surface area contributed by atoms with Crippen molar-refractivity contribution >= 4 is 17.7 Å². The summed E-state index contributed by atoms with van der Waals surface area (Å²) in [5, 5.41) is 8.89. The Kier molecular flexibility index (Phi) is 3.41. The van der Waals surface area contributed by atoms with Gasteiger partial charge < -0.3 is 9.84 Å². The topological polar surface area (TPSA) is 46.5 Å². The van der Waals surface area contributed by atoms with Gasteiger partial charge in [-0.25, -0.2) is 4.79 Å². The second kappa shape index (κ2) is 4.37. The Hall–Kier alpha value is -1.16. The lowest BCUT2D eigenvalue weighted by molar-refractivity contribution is 0.0695. The Labute approximate surface area is 87.1 Å². The van der Waals surface area contributed by atoms with E-state index in [0.29, 0.717) is 16.9 Å². The van der Waals surface area contributed by atoms with Crippen LogP contribution in [0.5, 0.6) is 5.75 Å². The first-order valence-electron chi connectivity index (χ1n) is 4.06. The fourth-order valence-electron chi connectivity index (χ4n) is 1.31. The fourth-order valence-corrected chi connectivity index (χ4v) is 1.94. The van der Waals surface area contributed by atoms with Gasteiger partial charge in [-0.2, -0.15) is 0 Å². The number of methoxy groups -OCH3 is 1. The summed E-state index contributed by atoms with van der Waals surface area (Å²) in [5.74, 6) is -0.272. The third kappa shape index (κ3) is 1.85. The van der Waals surface area contributed by atoms with Crippen molar-refractivity contribution in [2.75, 3.05) is 13.4 Å². The smallest absolute Gasteiger partial charge is 0.336 e. The van der Waals surface area contributed by atoms with E-state index in [9.17, 15) is 4.79 Å². The van der Waals surface area contributed by atoms with E-state index < -0.39 is 5.97 Å². The Balaban J connectivity index is 3.34. The molecular weight excluding hydrogens is 200 g/mol. The molecule has 0 aliphatic rings. The summed E-state index contributed by atoms with van der Waals surface area (Å²) in [6, 6.07) is 3.37. The van der Waals surface area contributed by atoms with Crippen molar-refractivity contribution in [1.82, 2.24) is 0 Å². The molecule has 0 spiro atoms. The second-order valence-corrected chi connectivity index (χ2v) is 3.63. The summed E-state index contributed by atoms with van der Waals surface area (Å²) in [6.07, 6.45) is 1.93. The maximum Gasteiger partial charge on any atom is 0.336 e. The minimum absolute atomic E-state index is 0.291. The number of carboxylic acids is 1. The van der Waals surface area contributed by atoms with Crippen LogP contribution in [0.2, 0.25) is 0 Å². The van der Waals surface area contributed by atoms with E-state index in [1.807, 2.05) is 6.26 Å². The molecule has 0 atom stereocenters. The van der Waals surface area contributed by atoms with Gasteiger partial charge in [0.25, 0.3) is 0 Å². The predicted molar refractivity (Wildman–Crippen MR) is 56.5 cm³/mol. The van der Waals surface area contributed by atoms with Crippen LogP contribution in [-0.2, 0) is 0 Å². The Morgan fingerprint density at radius 3 is 2.57 bits per heavy atom. The van der Waals surface area contributed by atoms with Crippen molar-refractivity contribution < 1.29 is 14.6 Å². The van der Waals surface area contributed by atoms with Crippen molar-refractivity contribution in [3.63, 3.8) is 0 Å². The zero-order valence-electron chi connectivity index (χ0n) is 8.33. The zero-order chi connectivity index (χ0) is 10.7. The number of thioether (sulfide) groups is 1. The Morgan fingerprint density at radius 1 is 1.50 bits per heavy atom. The predicted octanol–water partition coefficient (Wildman–Crippen LogP) is 2.42. The van der Waals surface area contributed by atoms with Gasteiger partial charge in [-0.3, -0.25) is 0 Å². The largest absolute Gasteiger partial charge is 0.495 e. The van der Waals surface area contributed by atoms with Gasteiger partial charge in [0.2, 0.25) is 0 Å². The highest BCUT2D eigenvalue weighted by Gasteiger charge is 2.14. The normalized spacial score (nSPS) is 9.93. The Bertz CT molecular complexity index is 361. The van der Waals surface area contributed by atoms with Crippen molar-refractivity contribution in [3.05, 3.63) is 23.3 Å². The van der Waals surface area contributed by atoms with Gasteiger partial charge in [0.05, 0.1) is 12.7 Å². The molecule has 1 N–H and O–H groups in total. The maximum atomic E-state index is 10.8. The van der Waals surface area contributed by atoms with E-state index in [1.54, 1.807) is 26.2 Å². The van der Waals surface area contributed by atoms with Gasteiger partial charge in [0, 0.05) is 10.5 Å². The first kappa shape index (κ1) is 10.9. The van der Waals surface area contributed by atoms with E-state index in [-0.39, 0.29) is 0 Å². The minimum Gasteiger partial charge on any atom is -0.495 e. The third-order valence-corrected chi connectivity index (χ3v) is 2.79. The average Bonchev–Trinajstić information content (AvgIpc) is 2.16. The summed E-state index contributed by atoms with van der Waals surface area (Å²) < 4.78 is 5.17. The molecule has 0 aliphatic carbocycles. The molecule has 0 unspecified atom stereocenters. The molecule has 1 aromatic carbocycles. The number of hydrogen-bond donors (Lipinski definition) is 1. The lowest BCUT2D eigenvalue weighted by atomic mass is 10.1. The van der Waals surface area contributed by atoms with Crippen LogP contribution in [0.4, 0.5) is 0 Å². The maximum absolute atomic E-state index is 10.8. The summed E-state index contributed by atoms with van der Waals surface area (Å²) >= 11 is 1.54. The molecule has 0 saturated heterocycles. The van der Waals surface area contributed by atoms with E-state index in [4.69, 9.17) is 9.84 Å². The molecular formula is C10H12O3S. The number of hydrogen-bond acceptors (Lipinski definition) is 3. The Morgan fingerprint density at radius 2 is 2.14 bits per heavy atom. The number of ether oxygens (including phenoxy) is 1. The van der Waals surface area contributed by atoms with Gasteiger partial charge >= 0.3 is 5.97 Å². The van der Waals surface area contributed by atoms with Crippen LogP contribution >= 0.6 is 11.8 Å². The van der Waals surface area contributed by atoms with Crippen LogP contribution in [0.15, 0.2) is 17.0 Å². The molecule has 0 bridgehead atoms. The highest BCUT2D eigenvalue weighted by atomic mass is 32.2. The van der Waals surface area contributed by atoms with Crippen molar-refractivity contribution in [1.29, 1.82) is 0 Å². The molecule has 1 rings (SSSR count). The SMILES string of the molecule is COc1c(SC)ccc(C(=O)O)c1C. The summed E-state index contributed by atoms with van der Waals surface area (Å²) in [5.41, 5.74) is 0.964. The van der Waals surface area contributed by atoms with E-state index >= 15 is 0 Å². The molecule has 0 amide bonds. The molecule has 0 saturated carbocycles. The van der Waals surface area contributed by atoms with Crippen LogP contribution in [0, 0.1) is 6.92 Å². The minimum atomic E-state index is -0.923. The first-order chi connectivity index (χ1) is 6.61. The molecule has 1 aromatic rings. The first-order valence-corrected chi connectivity index (χ1v) is 5.29. The highest BCUT2D eigenvalue weighted by Crippen LogP contribution is 2.32. The molecule has 0 aromatic heterocycles. The molecule has 14 heavy (non-hydrogen) atoms. The van der Waals surface area contributed by atoms with Gasteiger partial charge in [-0.1, -0.05) is 0 Å². The van der Waals surface area contributed by atoms with Gasteiger partial charge in [0.1, 0.15) is 5.75 Å². The summed E-state index contributed by atoms with van der Waals surface area (Å²) in [7, 11) is 1.55. The van der Waals surface area contributed by atoms with Crippen LogP contribution in [-0.4, -0.2) is 24.4 Å². The molecule has 0 fully saturated rings. The summed E-state index contributed by atoms with van der Waals surface area (Å²) in [4.78, 5) is 11.8. The molecule has 0 radical (unpaired) electrons. The van der Waals surface area contributed by atoms with Gasteiger partial charge in [0.15, 0.2) is 0 Å². The number of benzene rings is 1. The van der Waals surface area contributed by atoms with Crippen molar-refractivity contribution in [3.8, 4) is 5.75 Å². The van der Waals surface area contributed by atoms with E-state index in [2.05, 4.69) is 0 Å². The molecule has 76 valence electrons. The van der Waals surface area contributed by atoms with Crippen LogP contribution in [0.3, 0.4) is 0 Å². The van der Waals surface area contributed by atoms with Crippen molar-refractivity contribution in [2.24, 2.45) is 0 Å². The fraction of sp³-hybridized carbons (Fsp3) is 0.300. The number of carboxylic acid groups (broad SMARTS) is 1. The average molecular weight is 212 g/mol. The molecule has 4 heteroatoms. The molecule has 0 aliphatic heterocycles. The van der Waals surface area contributed by atoms with E-state index in [1.165, 1.54) is 11.8 Å². The monoisotopic (exact) mass is 212 g/mol. The quantitative estimate of drug-likeness (QED) is 0.782. The van der Waals surface area contributed by atoms with Crippen LogP contribution in [0.1, 0.15) is 15.9 Å². The van der Waals surface area contributed by atoms with Crippen molar-refractivity contribution in [2.45, 2.75) is 11.8 Å². The lowest BCUT2D eigenvalue weighted by Crippen LogP contribution is -2.02. The zero-order valence-corrected chi connectivity index (χ0v) is 9.14. The highest BCUT2D eigenvalue weighted by molar-refractivity contribution is 7.98. The number of rotatable bonds is 3. The molecule has 0 heterocycles. The number of carbonyl (C=O) groups is 1. The third-order valence-electron chi connectivity index (χ3n) is 2.02. The standard InChI is InChI=1S/C10H12O3S/c1-6-7(10(11)12)4-5-8(14-3)9(6)13-2/h4-5H,1-3H3,(H,11,12). The lowest BCUT2D eigenvalue weighted by Gasteiger charge is -2.11. The van der Waals surface area contributed by atoms with E-state index in [0.717, 1.165) is 4.90 Å². The van der Waals surface area contributed by atoms with Crippen LogP contribution < -0.4 is 4.74 Å². The molecule has 3 nitrogen and oxygen atoms in total.